The highest BCUT2D eigenvalue weighted by Gasteiger charge is 2.14. The van der Waals surface area contributed by atoms with Crippen molar-refractivity contribution >= 4 is 18.3 Å². The molecule has 0 aromatic heterocycles. The number of primary amides is 1. The van der Waals surface area contributed by atoms with Gasteiger partial charge in [0.2, 0.25) is 5.91 Å². The highest BCUT2D eigenvalue weighted by Crippen LogP contribution is 2.23. The SMILES string of the molecule is Cl.NC(=O)c1ccc(C2CCCNC2)cc1. The first-order chi connectivity index (χ1) is 7.27. The van der Waals surface area contributed by atoms with Crippen LogP contribution in [0.15, 0.2) is 24.3 Å². The molecule has 1 aliphatic heterocycles. The van der Waals surface area contributed by atoms with Crippen molar-refractivity contribution < 1.29 is 4.79 Å². The van der Waals surface area contributed by atoms with Crippen molar-refractivity contribution in [1.82, 2.24) is 5.32 Å². The van der Waals surface area contributed by atoms with Gasteiger partial charge in [-0.3, -0.25) is 4.79 Å². The van der Waals surface area contributed by atoms with Crippen molar-refractivity contribution in [2.45, 2.75) is 18.8 Å². The topological polar surface area (TPSA) is 55.1 Å². The summed E-state index contributed by atoms with van der Waals surface area (Å²) in [5.41, 5.74) is 7.08. The zero-order valence-corrected chi connectivity index (χ0v) is 9.93. The van der Waals surface area contributed by atoms with Crippen LogP contribution in [0, 0.1) is 0 Å². The molecule has 2 rings (SSSR count). The van der Waals surface area contributed by atoms with Crippen LogP contribution in [0.3, 0.4) is 0 Å². The minimum atomic E-state index is -0.358. The zero-order valence-electron chi connectivity index (χ0n) is 9.11. The maximum Gasteiger partial charge on any atom is 0.248 e. The Balaban J connectivity index is 0.00000128. The molecule has 0 saturated carbocycles. The minimum Gasteiger partial charge on any atom is -0.366 e. The third kappa shape index (κ3) is 2.97. The summed E-state index contributed by atoms with van der Waals surface area (Å²) in [7, 11) is 0. The van der Waals surface area contributed by atoms with E-state index in [-0.39, 0.29) is 18.3 Å². The van der Waals surface area contributed by atoms with Crippen LogP contribution in [0.25, 0.3) is 0 Å². The number of nitrogens with one attached hydrogen (secondary N) is 1. The molecule has 0 bridgehead atoms. The van der Waals surface area contributed by atoms with Crippen LogP contribution in [0.5, 0.6) is 0 Å². The van der Waals surface area contributed by atoms with E-state index in [9.17, 15) is 4.79 Å². The molecule has 0 radical (unpaired) electrons. The van der Waals surface area contributed by atoms with Crippen LogP contribution >= 0.6 is 12.4 Å². The lowest BCUT2D eigenvalue weighted by atomic mass is 9.91. The third-order valence-electron chi connectivity index (χ3n) is 2.96. The van der Waals surface area contributed by atoms with Gasteiger partial charge in [-0.1, -0.05) is 12.1 Å². The molecule has 0 aliphatic carbocycles. The van der Waals surface area contributed by atoms with E-state index in [2.05, 4.69) is 5.32 Å². The molecule has 1 fully saturated rings. The van der Waals surface area contributed by atoms with Gasteiger partial charge in [0.25, 0.3) is 0 Å². The number of hydrogen-bond donors (Lipinski definition) is 2. The van der Waals surface area contributed by atoms with Crippen molar-refractivity contribution in [2.24, 2.45) is 5.73 Å². The van der Waals surface area contributed by atoms with Gasteiger partial charge < -0.3 is 11.1 Å². The highest BCUT2D eigenvalue weighted by atomic mass is 35.5. The van der Waals surface area contributed by atoms with Crippen molar-refractivity contribution in [3.63, 3.8) is 0 Å². The van der Waals surface area contributed by atoms with E-state index in [0.29, 0.717) is 11.5 Å². The Morgan fingerprint density at radius 3 is 2.50 bits per heavy atom. The monoisotopic (exact) mass is 240 g/mol. The van der Waals surface area contributed by atoms with Gasteiger partial charge in [0.05, 0.1) is 0 Å². The van der Waals surface area contributed by atoms with E-state index in [1.807, 2.05) is 24.3 Å². The molecule has 16 heavy (non-hydrogen) atoms. The second-order valence-electron chi connectivity index (χ2n) is 4.03. The summed E-state index contributed by atoms with van der Waals surface area (Å²) < 4.78 is 0. The van der Waals surface area contributed by atoms with E-state index in [0.717, 1.165) is 13.1 Å². The van der Waals surface area contributed by atoms with E-state index >= 15 is 0 Å². The van der Waals surface area contributed by atoms with Crippen LogP contribution in [0.2, 0.25) is 0 Å². The average molecular weight is 241 g/mol. The summed E-state index contributed by atoms with van der Waals surface area (Å²) in [6, 6.07) is 7.65. The highest BCUT2D eigenvalue weighted by molar-refractivity contribution is 5.92. The molecule has 1 aromatic carbocycles. The number of benzene rings is 1. The fourth-order valence-corrected chi connectivity index (χ4v) is 2.06. The number of amides is 1. The van der Waals surface area contributed by atoms with Crippen molar-refractivity contribution in [3.05, 3.63) is 35.4 Å². The number of rotatable bonds is 2. The quantitative estimate of drug-likeness (QED) is 0.827. The molecule has 88 valence electrons. The van der Waals surface area contributed by atoms with Gasteiger partial charge in [0.15, 0.2) is 0 Å². The zero-order chi connectivity index (χ0) is 10.7. The minimum absolute atomic E-state index is 0. The Kier molecular flexibility index (Phi) is 4.77. The standard InChI is InChI=1S/C12H16N2O.ClH/c13-12(15)10-5-3-9(4-6-10)11-2-1-7-14-8-11;/h3-6,11,14H,1-2,7-8H2,(H2,13,15);1H. The van der Waals surface area contributed by atoms with E-state index < -0.39 is 0 Å². The Morgan fingerprint density at radius 1 is 1.31 bits per heavy atom. The molecular formula is C12H17ClN2O. The summed E-state index contributed by atoms with van der Waals surface area (Å²) in [5.74, 6) is 0.226. The van der Waals surface area contributed by atoms with Crippen LogP contribution in [-0.2, 0) is 0 Å². The summed E-state index contributed by atoms with van der Waals surface area (Å²) in [6.07, 6.45) is 2.45. The summed E-state index contributed by atoms with van der Waals surface area (Å²) in [4.78, 5) is 10.9. The van der Waals surface area contributed by atoms with E-state index in [1.165, 1.54) is 18.4 Å². The average Bonchev–Trinajstić information content (AvgIpc) is 2.30. The fraction of sp³-hybridized carbons (Fsp3) is 0.417. The second kappa shape index (κ2) is 5.87. The van der Waals surface area contributed by atoms with Crippen LogP contribution < -0.4 is 11.1 Å². The molecule has 1 aromatic rings. The van der Waals surface area contributed by atoms with Gasteiger partial charge in [-0.15, -0.1) is 12.4 Å². The first kappa shape index (κ1) is 13.0. The lowest BCUT2D eigenvalue weighted by Crippen LogP contribution is -2.28. The molecule has 1 saturated heterocycles. The van der Waals surface area contributed by atoms with Gasteiger partial charge in [0.1, 0.15) is 0 Å². The maximum atomic E-state index is 10.9. The third-order valence-corrected chi connectivity index (χ3v) is 2.96. The van der Waals surface area contributed by atoms with Gasteiger partial charge in [-0.05, 0) is 43.0 Å². The number of nitrogens with two attached hydrogens (primary N) is 1. The van der Waals surface area contributed by atoms with E-state index in [1.54, 1.807) is 0 Å². The molecular weight excluding hydrogens is 224 g/mol. The molecule has 1 unspecified atom stereocenters. The summed E-state index contributed by atoms with van der Waals surface area (Å²) in [6.45, 7) is 2.16. The lowest BCUT2D eigenvalue weighted by Gasteiger charge is -2.23. The lowest BCUT2D eigenvalue weighted by molar-refractivity contribution is 0.100. The molecule has 1 atom stereocenters. The maximum absolute atomic E-state index is 10.9. The van der Waals surface area contributed by atoms with Gasteiger partial charge in [-0.25, -0.2) is 0 Å². The van der Waals surface area contributed by atoms with Gasteiger partial charge in [0, 0.05) is 12.1 Å². The number of carbonyl (C=O) groups excluding carboxylic acids is 1. The summed E-state index contributed by atoms with van der Waals surface area (Å²) >= 11 is 0. The molecule has 4 heteroatoms. The van der Waals surface area contributed by atoms with Crippen molar-refractivity contribution in [1.29, 1.82) is 0 Å². The van der Waals surface area contributed by atoms with Crippen molar-refractivity contribution in [2.75, 3.05) is 13.1 Å². The second-order valence-corrected chi connectivity index (χ2v) is 4.03. The summed E-state index contributed by atoms with van der Waals surface area (Å²) in [5, 5.41) is 3.38. The van der Waals surface area contributed by atoms with Gasteiger partial charge >= 0.3 is 0 Å². The Morgan fingerprint density at radius 2 is 2.00 bits per heavy atom. The number of piperidine rings is 1. The number of hydrogen-bond acceptors (Lipinski definition) is 2. The molecule has 1 aliphatic rings. The van der Waals surface area contributed by atoms with Crippen LogP contribution in [0.1, 0.15) is 34.7 Å². The molecule has 1 amide bonds. The van der Waals surface area contributed by atoms with Crippen LogP contribution in [0.4, 0.5) is 0 Å². The van der Waals surface area contributed by atoms with Crippen molar-refractivity contribution in [3.8, 4) is 0 Å². The number of halogens is 1. The molecule has 3 N–H and O–H groups in total. The smallest absolute Gasteiger partial charge is 0.248 e. The molecule has 0 spiro atoms. The normalized spacial score (nSPS) is 19.9. The largest absolute Gasteiger partial charge is 0.366 e. The number of carbonyl (C=O) groups is 1. The molecule has 1 heterocycles. The first-order valence-corrected chi connectivity index (χ1v) is 5.38. The van der Waals surface area contributed by atoms with Crippen LogP contribution in [-0.4, -0.2) is 19.0 Å². The Bertz CT molecular complexity index is 345. The first-order valence-electron chi connectivity index (χ1n) is 5.38. The predicted octanol–water partition coefficient (Wildman–Crippen LogP) is 1.67. The Labute approximate surface area is 102 Å². The predicted molar refractivity (Wildman–Crippen MR) is 67.1 cm³/mol. The fourth-order valence-electron chi connectivity index (χ4n) is 2.06. The van der Waals surface area contributed by atoms with E-state index in [4.69, 9.17) is 5.73 Å². The molecule has 3 nitrogen and oxygen atoms in total. The van der Waals surface area contributed by atoms with Gasteiger partial charge in [-0.2, -0.15) is 0 Å². The Hall–Kier alpha value is -1.06.